The number of carboxylic acids is 1. The second-order valence-corrected chi connectivity index (χ2v) is 2.39. The SMILES string of the molecule is C#CC(CC)NC(=O)NOCC(=O)O. The van der Waals surface area contributed by atoms with Gasteiger partial charge < -0.3 is 10.4 Å². The average molecular weight is 200 g/mol. The molecular weight excluding hydrogens is 188 g/mol. The maximum absolute atomic E-state index is 10.9. The zero-order valence-corrected chi connectivity index (χ0v) is 7.74. The standard InChI is InChI=1S/C8H12N2O4/c1-3-6(4-2)9-8(13)10-14-5-7(11)12/h1,6H,4-5H2,2H3,(H,11,12)(H2,9,10,13). The van der Waals surface area contributed by atoms with E-state index in [4.69, 9.17) is 11.5 Å². The van der Waals surface area contributed by atoms with Crippen LogP contribution in [0.2, 0.25) is 0 Å². The van der Waals surface area contributed by atoms with Gasteiger partial charge in [-0.1, -0.05) is 12.8 Å². The van der Waals surface area contributed by atoms with Crippen molar-refractivity contribution in [2.45, 2.75) is 19.4 Å². The van der Waals surface area contributed by atoms with Gasteiger partial charge in [-0.05, 0) is 6.42 Å². The van der Waals surface area contributed by atoms with Crippen molar-refractivity contribution in [3.05, 3.63) is 0 Å². The molecule has 0 heterocycles. The lowest BCUT2D eigenvalue weighted by Crippen LogP contribution is -2.41. The maximum Gasteiger partial charge on any atom is 0.339 e. The quantitative estimate of drug-likeness (QED) is 0.420. The molecule has 6 nitrogen and oxygen atoms in total. The molecule has 0 saturated carbocycles. The highest BCUT2D eigenvalue weighted by atomic mass is 16.7. The fraction of sp³-hybridized carbons (Fsp3) is 0.500. The molecule has 0 spiro atoms. The first-order valence-electron chi connectivity index (χ1n) is 3.96. The molecule has 6 heteroatoms. The highest BCUT2D eigenvalue weighted by Crippen LogP contribution is 1.86. The number of carbonyl (C=O) groups is 2. The predicted octanol–water partition coefficient (Wildman–Crippen LogP) is -0.286. The molecule has 0 aromatic rings. The van der Waals surface area contributed by atoms with Crippen LogP contribution >= 0.6 is 0 Å². The van der Waals surface area contributed by atoms with Crippen molar-refractivity contribution < 1.29 is 19.5 Å². The summed E-state index contributed by atoms with van der Waals surface area (Å²) in [7, 11) is 0. The third kappa shape index (κ3) is 5.85. The number of hydrogen-bond acceptors (Lipinski definition) is 3. The highest BCUT2D eigenvalue weighted by molar-refractivity contribution is 5.74. The van der Waals surface area contributed by atoms with E-state index in [0.29, 0.717) is 6.42 Å². The zero-order valence-electron chi connectivity index (χ0n) is 7.74. The summed E-state index contributed by atoms with van der Waals surface area (Å²) in [4.78, 5) is 25.2. The van der Waals surface area contributed by atoms with E-state index in [1.165, 1.54) is 0 Å². The number of carbonyl (C=O) groups excluding carboxylic acids is 1. The van der Waals surface area contributed by atoms with E-state index in [-0.39, 0.29) is 6.04 Å². The lowest BCUT2D eigenvalue weighted by molar-refractivity contribution is -0.144. The normalized spacial score (nSPS) is 11.1. The number of carboxylic acid groups (broad SMARTS) is 1. The number of amides is 2. The summed E-state index contributed by atoms with van der Waals surface area (Å²) in [5.41, 5.74) is 1.89. The molecular formula is C8H12N2O4. The van der Waals surface area contributed by atoms with Crippen molar-refractivity contribution in [1.82, 2.24) is 10.8 Å². The minimum absolute atomic E-state index is 0.386. The number of nitrogens with one attached hydrogen (secondary N) is 2. The largest absolute Gasteiger partial charge is 0.479 e. The third-order valence-electron chi connectivity index (χ3n) is 1.28. The molecule has 0 aliphatic carbocycles. The minimum Gasteiger partial charge on any atom is -0.479 e. The number of aliphatic carboxylic acids is 1. The van der Waals surface area contributed by atoms with Crippen LogP contribution in [0.25, 0.3) is 0 Å². The van der Waals surface area contributed by atoms with Crippen molar-refractivity contribution in [2.75, 3.05) is 6.61 Å². The Bertz CT molecular complexity index is 246. The van der Waals surface area contributed by atoms with Gasteiger partial charge in [-0.15, -0.1) is 6.42 Å². The van der Waals surface area contributed by atoms with Crippen molar-refractivity contribution in [2.24, 2.45) is 0 Å². The number of terminal acetylenes is 1. The molecule has 1 unspecified atom stereocenters. The Balaban J connectivity index is 3.65. The number of hydrogen-bond donors (Lipinski definition) is 3. The van der Waals surface area contributed by atoms with Crippen LogP contribution in [0.15, 0.2) is 0 Å². The summed E-state index contributed by atoms with van der Waals surface area (Å²) in [6, 6.07) is -1.04. The number of rotatable bonds is 5. The lowest BCUT2D eigenvalue weighted by Gasteiger charge is -2.10. The smallest absolute Gasteiger partial charge is 0.339 e. The van der Waals surface area contributed by atoms with Crippen LogP contribution in [-0.2, 0) is 9.63 Å². The first kappa shape index (κ1) is 12.3. The van der Waals surface area contributed by atoms with Gasteiger partial charge in [0.05, 0.1) is 6.04 Å². The Morgan fingerprint density at radius 3 is 2.71 bits per heavy atom. The van der Waals surface area contributed by atoms with Gasteiger partial charge in [0, 0.05) is 0 Å². The summed E-state index contributed by atoms with van der Waals surface area (Å²) in [5, 5.41) is 10.6. The summed E-state index contributed by atoms with van der Waals surface area (Å²) in [6.45, 7) is 1.21. The van der Waals surface area contributed by atoms with Crippen LogP contribution in [0.3, 0.4) is 0 Å². The Morgan fingerprint density at radius 2 is 2.29 bits per heavy atom. The van der Waals surface area contributed by atoms with Crippen LogP contribution in [-0.4, -0.2) is 29.8 Å². The van der Waals surface area contributed by atoms with Crippen molar-refractivity contribution in [3.63, 3.8) is 0 Å². The Kier molecular flexibility index (Phi) is 5.90. The Morgan fingerprint density at radius 1 is 1.64 bits per heavy atom. The van der Waals surface area contributed by atoms with Gasteiger partial charge in [0.1, 0.15) is 0 Å². The highest BCUT2D eigenvalue weighted by Gasteiger charge is 2.07. The van der Waals surface area contributed by atoms with Crippen LogP contribution < -0.4 is 10.8 Å². The van der Waals surface area contributed by atoms with Gasteiger partial charge in [0.2, 0.25) is 0 Å². The summed E-state index contributed by atoms with van der Waals surface area (Å²) in [5.74, 6) is 1.17. The zero-order chi connectivity index (χ0) is 11.0. The first-order valence-corrected chi connectivity index (χ1v) is 3.96. The molecule has 0 aliphatic rings. The second-order valence-electron chi connectivity index (χ2n) is 2.39. The summed E-state index contributed by atoms with van der Waals surface area (Å²) >= 11 is 0. The van der Waals surface area contributed by atoms with E-state index in [2.05, 4.69) is 16.1 Å². The second kappa shape index (κ2) is 6.74. The van der Waals surface area contributed by atoms with Gasteiger partial charge in [0.15, 0.2) is 6.61 Å². The van der Waals surface area contributed by atoms with Gasteiger partial charge in [0.25, 0.3) is 0 Å². The van der Waals surface area contributed by atoms with Crippen LogP contribution in [0.4, 0.5) is 4.79 Å². The molecule has 0 saturated heterocycles. The van der Waals surface area contributed by atoms with Gasteiger partial charge in [-0.25, -0.2) is 15.1 Å². The van der Waals surface area contributed by atoms with Gasteiger partial charge >= 0.3 is 12.0 Å². The fourth-order valence-electron chi connectivity index (χ4n) is 0.613. The minimum atomic E-state index is -1.17. The Hall–Kier alpha value is -1.74. The van der Waals surface area contributed by atoms with E-state index in [0.717, 1.165) is 0 Å². The van der Waals surface area contributed by atoms with Crippen molar-refractivity contribution in [3.8, 4) is 12.3 Å². The predicted molar refractivity (Wildman–Crippen MR) is 48.2 cm³/mol. The molecule has 0 aliphatic heterocycles. The van der Waals surface area contributed by atoms with E-state index in [9.17, 15) is 9.59 Å². The molecule has 3 N–H and O–H groups in total. The summed E-state index contributed by atoms with van der Waals surface area (Å²) < 4.78 is 0. The molecule has 1 atom stereocenters. The first-order chi connectivity index (χ1) is 6.60. The molecule has 0 fully saturated rings. The van der Waals surface area contributed by atoms with Crippen molar-refractivity contribution >= 4 is 12.0 Å². The monoisotopic (exact) mass is 200 g/mol. The molecule has 0 bridgehead atoms. The van der Waals surface area contributed by atoms with E-state index in [1.807, 2.05) is 12.4 Å². The Labute approximate surface area is 81.6 Å². The van der Waals surface area contributed by atoms with Gasteiger partial charge in [-0.3, -0.25) is 4.84 Å². The molecule has 0 rings (SSSR count). The van der Waals surface area contributed by atoms with Crippen molar-refractivity contribution in [1.29, 1.82) is 0 Å². The lowest BCUT2D eigenvalue weighted by atomic mass is 10.2. The average Bonchev–Trinajstić information content (AvgIpc) is 2.13. The molecule has 14 heavy (non-hydrogen) atoms. The molecule has 78 valence electrons. The van der Waals surface area contributed by atoms with Crippen LogP contribution in [0, 0.1) is 12.3 Å². The maximum atomic E-state index is 10.9. The van der Waals surface area contributed by atoms with Crippen LogP contribution in [0.5, 0.6) is 0 Å². The fourth-order valence-corrected chi connectivity index (χ4v) is 0.613. The molecule has 0 aromatic carbocycles. The summed E-state index contributed by atoms with van der Waals surface area (Å²) in [6.07, 6.45) is 5.67. The molecule has 0 aromatic heterocycles. The van der Waals surface area contributed by atoms with Gasteiger partial charge in [-0.2, -0.15) is 0 Å². The number of urea groups is 1. The topological polar surface area (TPSA) is 87.7 Å². The van der Waals surface area contributed by atoms with E-state index in [1.54, 1.807) is 0 Å². The third-order valence-corrected chi connectivity index (χ3v) is 1.28. The van der Waals surface area contributed by atoms with E-state index < -0.39 is 18.6 Å². The molecule has 0 radical (unpaired) electrons. The molecule has 2 amide bonds. The van der Waals surface area contributed by atoms with E-state index >= 15 is 0 Å². The van der Waals surface area contributed by atoms with Crippen LogP contribution in [0.1, 0.15) is 13.3 Å². The number of hydroxylamine groups is 1.